The van der Waals surface area contributed by atoms with Crippen molar-refractivity contribution in [1.29, 1.82) is 0 Å². The van der Waals surface area contributed by atoms with Crippen molar-refractivity contribution < 1.29 is 8.42 Å². The number of sulfonamides is 1. The molecule has 0 spiro atoms. The van der Waals surface area contributed by atoms with Gasteiger partial charge in [0, 0.05) is 6.04 Å². The van der Waals surface area contributed by atoms with Crippen LogP contribution in [0.2, 0.25) is 0 Å². The zero-order valence-electron chi connectivity index (χ0n) is 15.6. The fraction of sp³-hybridized carbons (Fsp3) is 0.190. The molecular formula is C21H23N3O2S. The molecular weight excluding hydrogens is 358 g/mol. The molecule has 0 bridgehead atoms. The maximum atomic E-state index is 12.6. The van der Waals surface area contributed by atoms with E-state index in [9.17, 15) is 8.42 Å². The monoisotopic (exact) mass is 381 g/mol. The van der Waals surface area contributed by atoms with E-state index in [0.717, 1.165) is 16.7 Å². The van der Waals surface area contributed by atoms with E-state index in [-0.39, 0.29) is 10.9 Å². The highest BCUT2D eigenvalue weighted by molar-refractivity contribution is 7.92. The van der Waals surface area contributed by atoms with Gasteiger partial charge in [-0.05, 0) is 61.7 Å². The molecule has 0 amide bonds. The van der Waals surface area contributed by atoms with Crippen LogP contribution in [0.5, 0.6) is 0 Å². The van der Waals surface area contributed by atoms with E-state index in [1.165, 1.54) is 6.20 Å². The number of anilines is 2. The molecule has 0 fully saturated rings. The van der Waals surface area contributed by atoms with Crippen molar-refractivity contribution in [2.24, 2.45) is 0 Å². The Bertz CT molecular complexity index is 1020. The molecule has 1 aromatic heterocycles. The van der Waals surface area contributed by atoms with Gasteiger partial charge in [0.2, 0.25) is 0 Å². The highest BCUT2D eigenvalue weighted by Crippen LogP contribution is 2.21. The van der Waals surface area contributed by atoms with Gasteiger partial charge in [-0.25, -0.2) is 13.4 Å². The van der Waals surface area contributed by atoms with Crippen molar-refractivity contribution >= 4 is 21.5 Å². The first-order valence-electron chi connectivity index (χ1n) is 8.73. The zero-order valence-corrected chi connectivity index (χ0v) is 16.4. The van der Waals surface area contributed by atoms with Gasteiger partial charge in [0.25, 0.3) is 10.0 Å². The van der Waals surface area contributed by atoms with Crippen LogP contribution in [-0.2, 0) is 10.0 Å². The number of hydrogen-bond donors (Lipinski definition) is 2. The molecule has 0 aliphatic carbocycles. The lowest BCUT2D eigenvalue weighted by molar-refractivity contribution is 0.601. The second-order valence-electron chi connectivity index (χ2n) is 6.56. The average molecular weight is 382 g/mol. The Labute approximate surface area is 160 Å². The third kappa shape index (κ3) is 4.65. The maximum Gasteiger partial charge on any atom is 0.261 e. The van der Waals surface area contributed by atoms with Crippen molar-refractivity contribution in [3.63, 3.8) is 0 Å². The molecule has 3 aromatic rings. The van der Waals surface area contributed by atoms with E-state index in [1.807, 2.05) is 51.1 Å². The van der Waals surface area contributed by atoms with E-state index >= 15 is 0 Å². The minimum Gasteiger partial charge on any atom is -0.364 e. The molecule has 1 unspecified atom stereocenters. The second kappa shape index (κ2) is 7.80. The maximum absolute atomic E-state index is 12.6. The van der Waals surface area contributed by atoms with Crippen molar-refractivity contribution in [3.8, 4) is 0 Å². The number of aromatic nitrogens is 1. The molecule has 0 saturated carbocycles. The Morgan fingerprint density at radius 3 is 2.30 bits per heavy atom. The number of benzene rings is 2. The second-order valence-corrected chi connectivity index (χ2v) is 8.24. The van der Waals surface area contributed by atoms with E-state index < -0.39 is 10.0 Å². The summed E-state index contributed by atoms with van der Waals surface area (Å²) >= 11 is 0. The third-order valence-corrected chi connectivity index (χ3v) is 5.85. The van der Waals surface area contributed by atoms with Gasteiger partial charge in [-0.3, -0.25) is 4.72 Å². The zero-order chi connectivity index (χ0) is 19.4. The Morgan fingerprint density at radius 2 is 1.67 bits per heavy atom. The van der Waals surface area contributed by atoms with Crippen LogP contribution < -0.4 is 10.0 Å². The molecule has 27 heavy (non-hydrogen) atoms. The van der Waals surface area contributed by atoms with E-state index in [1.54, 1.807) is 30.3 Å². The molecule has 5 nitrogen and oxygen atoms in total. The van der Waals surface area contributed by atoms with Gasteiger partial charge < -0.3 is 5.32 Å². The fourth-order valence-corrected chi connectivity index (χ4v) is 3.81. The van der Waals surface area contributed by atoms with Crippen molar-refractivity contribution in [3.05, 3.63) is 83.6 Å². The summed E-state index contributed by atoms with van der Waals surface area (Å²) in [5.74, 6) is 0.681. The predicted octanol–water partition coefficient (Wildman–Crippen LogP) is 4.67. The SMILES string of the molecule is Cc1ccc(S(=O)(=O)Nc2ccc(NC(C)c3ccccc3)nc2)cc1C. The summed E-state index contributed by atoms with van der Waals surface area (Å²) in [5, 5.41) is 3.31. The van der Waals surface area contributed by atoms with Crippen molar-refractivity contribution in [1.82, 2.24) is 4.98 Å². The fourth-order valence-electron chi connectivity index (χ4n) is 2.68. The summed E-state index contributed by atoms with van der Waals surface area (Å²) in [6.07, 6.45) is 1.51. The van der Waals surface area contributed by atoms with Crippen LogP contribution >= 0.6 is 0 Å². The first-order chi connectivity index (χ1) is 12.8. The highest BCUT2D eigenvalue weighted by Gasteiger charge is 2.15. The van der Waals surface area contributed by atoms with Crippen LogP contribution in [0.25, 0.3) is 0 Å². The number of hydrogen-bond acceptors (Lipinski definition) is 4. The summed E-state index contributed by atoms with van der Waals surface area (Å²) in [5.41, 5.74) is 3.56. The molecule has 140 valence electrons. The number of aryl methyl sites for hydroxylation is 2. The van der Waals surface area contributed by atoms with Crippen LogP contribution in [0.3, 0.4) is 0 Å². The molecule has 3 rings (SSSR count). The van der Waals surface area contributed by atoms with E-state index in [0.29, 0.717) is 11.5 Å². The Kier molecular flexibility index (Phi) is 5.46. The largest absolute Gasteiger partial charge is 0.364 e. The number of nitrogens with one attached hydrogen (secondary N) is 2. The van der Waals surface area contributed by atoms with Crippen LogP contribution in [0, 0.1) is 13.8 Å². The summed E-state index contributed by atoms with van der Waals surface area (Å²) in [7, 11) is -3.64. The van der Waals surface area contributed by atoms with Crippen LogP contribution in [-0.4, -0.2) is 13.4 Å². The van der Waals surface area contributed by atoms with Gasteiger partial charge in [-0.1, -0.05) is 36.4 Å². The van der Waals surface area contributed by atoms with E-state index in [4.69, 9.17) is 0 Å². The van der Waals surface area contributed by atoms with E-state index in [2.05, 4.69) is 15.0 Å². The first-order valence-corrected chi connectivity index (χ1v) is 10.2. The van der Waals surface area contributed by atoms with Crippen LogP contribution in [0.15, 0.2) is 71.8 Å². The van der Waals surface area contributed by atoms with Gasteiger partial charge in [0.05, 0.1) is 16.8 Å². The summed E-state index contributed by atoms with van der Waals surface area (Å²) < 4.78 is 27.7. The quantitative estimate of drug-likeness (QED) is 0.651. The Hall–Kier alpha value is -2.86. The number of pyridine rings is 1. The highest BCUT2D eigenvalue weighted by atomic mass is 32.2. The lowest BCUT2D eigenvalue weighted by atomic mass is 10.1. The smallest absolute Gasteiger partial charge is 0.261 e. The topological polar surface area (TPSA) is 71.1 Å². The lowest BCUT2D eigenvalue weighted by Crippen LogP contribution is -2.14. The predicted molar refractivity (Wildman–Crippen MR) is 109 cm³/mol. The minimum absolute atomic E-state index is 0.0942. The van der Waals surface area contributed by atoms with Gasteiger partial charge in [0.15, 0.2) is 0 Å². The van der Waals surface area contributed by atoms with Crippen LogP contribution in [0.4, 0.5) is 11.5 Å². The first kappa shape index (κ1) is 18.9. The van der Waals surface area contributed by atoms with Crippen LogP contribution in [0.1, 0.15) is 29.7 Å². The molecule has 2 aromatic carbocycles. The van der Waals surface area contributed by atoms with Gasteiger partial charge in [-0.2, -0.15) is 0 Å². The molecule has 0 aliphatic heterocycles. The molecule has 0 radical (unpaired) electrons. The molecule has 1 heterocycles. The molecule has 2 N–H and O–H groups in total. The average Bonchev–Trinajstić information content (AvgIpc) is 2.66. The summed E-state index contributed by atoms with van der Waals surface area (Å²) in [4.78, 5) is 4.56. The Balaban J connectivity index is 1.70. The lowest BCUT2D eigenvalue weighted by Gasteiger charge is -2.15. The minimum atomic E-state index is -3.64. The summed E-state index contributed by atoms with van der Waals surface area (Å²) in [6, 6.07) is 18.7. The van der Waals surface area contributed by atoms with Gasteiger partial charge in [-0.15, -0.1) is 0 Å². The van der Waals surface area contributed by atoms with Crippen molar-refractivity contribution in [2.45, 2.75) is 31.7 Å². The third-order valence-electron chi connectivity index (χ3n) is 4.47. The molecule has 1 atom stereocenters. The molecule has 0 aliphatic rings. The Morgan fingerprint density at radius 1 is 0.926 bits per heavy atom. The molecule has 0 saturated heterocycles. The number of rotatable bonds is 6. The van der Waals surface area contributed by atoms with Crippen molar-refractivity contribution in [2.75, 3.05) is 10.0 Å². The van der Waals surface area contributed by atoms with Gasteiger partial charge in [0.1, 0.15) is 5.82 Å². The molecule has 6 heteroatoms. The normalized spacial score (nSPS) is 12.4. The summed E-state index contributed by atoms with van der Waals surface area (Å²) in [6.45, 7) is 5.89. The van der Waals surface area contributed by atoms with Gasteiger partial charge >= 0.3 is 0 Å². The number of nitrogens with zero attached hydrogens (tertiary/aromatic N) is 1. The standard InChI is InChI=1S/C21H23N3O2S/c1-15-9-11-20(13-16(15)2)27(25,26)24-19-10-12-21(22-14-19)23-17(3)18-7-5-4-6-8-18/h4-14,17,24H,1-3H3,(H,22,23).